The lowest BCUT2D eigenvalue weighted by Crippen LogP contribution is -1.87. The van der Waals surface area contributed by atoms with Gasteiger partial charge in [-0.1, -0.05) is 35.4 Å². The van der Waals surface area contributed by atoms with E-state index in [1.54, 1.807) is 12.1 Å². The van der Waals surface area contributed by atoms with Crippen LogP contribution in [0.5, 0.6) is 0 Å². The zero-order valence-electron chi connectivity index (χ0n) is 7.43. The molecule has 0 saturated carbocycles. The summed E-state index contributed by atoms with van der Waals surface area (Å²) in [5.74, 6) is 0.584. The number of hydrogen-bond donors (Lipinski definition) is 1. The summed E-state index contributed by atoms with van der Waals surface area (Å²) < 4.78 is 0. The molecule has 0 aliphatic heterocycles. The van der Waals surface area contributed by atoms with Gasteiger partial charge in [0, 0.05) is 17.1 Å². The normalized spacial score (nSPS) is 11.1. The second-order valence-electron chi connectivity index (χ2n) is 2.78. The van der Waals surface area contributed by atoms with Crippen LogP contribution >= 0.6 is 34.8 Å². The Kier molecular flexibility index (Phi) is 4.59. The van der Waals surface area contributed by atoms with Gasteiger partial charge in [-0.3, -0.25) is 0 Å². The Morgan fingerprint density at radius 3 is 2.29 bits per heavy atom. The minimum absolute atomic E-state index is 0.556. The Morgan fingerprint density at radius 1 is 1.21 bits per heavy atom. The summed E-state index contributed by atoms with van der Waals surface area (Å²) in [5, 5.41) is 1.11. The number of rotatable bonds is 3. The van der Waals surface area contributed by atoms with Crippen molar-refractivity contribution in [1.29, 1.82) is 0 Å². The Labute approximate surface area is 98.5 Å². The topological polar surface area (TPSA) is 26.0 Å². The van der Waals surface area contributed by atoms with Crippen molar-refractivity contribution in [1.82, 2.24) is 0 Å². The maximum atomic E-state index is 5.97. The second kappa shape index (κ2) is 5.50. The van der Waals surface area contributed by atoms with Crippen LogP contribution in [0.2, 0.25) is 10.0 Å². The molecule has 0 amide bonds. The van der Waals surface area contributed by atoms with Crippen LogP contribution in [0.15, 0.2) is 18.2 Å². The third kappa shape index (κ3) is 3.09. The molecule has 1 aromatic carbocycles. The number of halogens is 3. The van der Waals surface area contributed by atoms with E-state index in [0.717, 1.165) is 12.0 Å². The molecular weight excluding hydrogens is 240 g/mol. The molecule has 0 spiro atoms. The van der Waals surface area contributed by atoms with Gasteiger partial charge in [-0.25, -0.2) is 0 Å². The predicted molar refractivity (Wildman–Crippen MR) is 65.2 cm³/mol. The summed E-state index contributed by atoms with van der Waals surface area (Å²) in [6.45, 7) is 0. The highest BCUT2D eigenvalue weighted by Gasteiger charge is 2.03. The van der Waals surface area contributed by atoms with Gasteiger partial charge in [0.05, 0.1) is 10.0 Å². The first-order chi connectivity index (χ1) is 6.65. The van der Waals surface area contributed by atoms with E-state index in [0.29, 0.717) is 21.6 Å². The van der Waals surface area contributed by atoms with Gasteiger partial charge in [-0.15, -0.1) is 11.6 Å². The molecule has 0 radical (unpaired) electrons. The predicted octanol–water partition coefficient (Wildman–Crippen LogP) is 4.22. The van der Waals surface area contributed by atoms with Crippen LogP contribution in [-0.2, 0) is 0 Å². The lowest BCUT2D eigenvalue weighted by Gasteiger charge is -2.03. The Morgan fingerprint density at radius 2 is 1.79 bits per heavy atom. The van der Waals surface area contributed by atoms with Gasteiger partial charge in [0.1, 0.15) is 0 Å². The van der Waals surface area contributed by atoms with Crippen LogP contribution < -0.4 is 5.73 Å². The highest BCUT2D eigenvalue weighted by molar-refractivity contribution is 6.37. The lowest BCUT2D eigenvalue weighted by molar-refractivity contribution is 1.24. The fraction of sp³-hybridized carbons (Fsp3) is 0.200. The summed E-state index contributed by atoms with van der Waals surface area (Å²) in [6, 6.07) is 3.35. The number of alkyl halides is 1. The summed E-state index contributed by atoms with van der Waals surface area (Å²) in [7, 11) is 0. The summed E-state index contributed by atoms with van der Waals surface area (Å²) in [5.41, 5.74) is 6.92. The zero-order chi connectivity index (χ0) is 10.6. The molecule has 0 aromatic heterocycles. The summed E-state index contributed by atoms with van der Waals surface area (Å²) in [4.78, 5) is 0. The Hall–Kier alpha value is -0.370. The summed E-state index contributed by atoms with van der Waals surface area (Å²) in [6.07, 6.45) is 4.57. The van der Waals surface area contributed by atoms with Crippen molar-refractivity contribution < 1.29 is 0 Å². The molecule has 0 bridgehead atoms. The number of nitrogen functional groups attached to an aromatic ring is 1. The standard InChI is InChI=1S/C10H10Cl3N/c11-4-2-1-3-8-9(12)5-7(14)6-10(8)13/h1,3,5-6H,2,4,14H2. The van der Waals surface area contributed by atoms with Gasteiger partial charge < -0.3 is 5.73 Å². The van der Waals surface area contributed by atoms with Gasteiger partial charge in [0.2, 0.25) is 0 Å². The minimum Gasteiger partial charge on any atom is -0.399 e. The molecular formula is C10H10Cl3N. The average Bonchev–Trinajstić information content (AvgIpc) is 2.09. The molecule has 0 aliphatic rings. The van der Waals surface area contributed by atoms with E-state index in [2.05, 4.69) is 0 Å². The van der Waals surface area contributed by atoms with Gasteiger partial charge in [0.15, 0.2) is 0 Å². The van der Waals surface area contributed by atoms with Crippen molar-refractivity contribution in [2.24, 2.45) is 0 Å². The van der Waals surface area contributed by atoms with E-state index in [-0.39, 0.29) is 0 Å². The van der Waals surface area contributed by atoms with Gasteiger partial charge >= 0.3 is 0 Å². The van der Waals surface area contributed by atoms with Crippen LogP contribution in [0.25, 0.3) is 6.08 Å². The third-order valence-corrected chi connectivity index (χ3v) is 2.51. The van der Waals surface area contributed by atoms with Crippen LogP contribution in [0.4, 0.5) is 5.69 Å². The quantitative estimate of drug-likeness (QED) is 0.631. The fourth-order valence-corrected chi connectivity index (χ4v) is 1.78. The molecule has 1 nitrogen and oxygen atoms in total. The van der Waals surface area contributed by atoms with Crippen molar-refractivity contribution in [3.05, 3.63) is 33.8 Å². The third-order valence-electron chi connectivity index (χ3n) is 1.66. The van der Waals surface area contributed by atoms with Crippen molar-refractivity contribution in [2.45, 2.75) is 6.42 Å². The van der Waals surface area contributed by atoms with E-state index in [9.17, 15) is 0 Å². The van der Waals surface area contributed by atoms with E-state index < -0.39 is 0 Å². The minimum atomic E-state index is 0.556. The first kappa shape index (κ1) is 11.7. The number of allylic oxidation sites excluding steroid dienone is 1. The SMILES string of the molecule is Nc1cc(Cl)c(C=CCCCl)c(Cl)c1. The molecule has 0 unspecified atom stereocenters. The van der Waals surface area contributed by atoms with E-state index in [1.165, 1.54) is 0 Å². The van der Waals surface area contributed by atoms with Gasteiger partial charge in [-0.05, 0) is 18.6 Å². The highest BCUT2D eigenvalue weighted by Crippen LogP contribution is 2.28. The van der Waals surface area contributed by atoms with E-state index >= 15 is 0 Å². The summed E-state index contributed by atoms with van der Waals surface area (Å²) >= 11 is 17.5. The molecule has 0 saturated heterocycles. The van der Waals surface area contributed by atoms with Crippen molar-refractivity contribution in [3.63, 3.8) is 0 Å². The molecule has 0 aliphatic carbocycles. The van der Waals surface area contributed by atoms with Gasteiger partial charge in [-0.2, -0.15) is 0 Å². The zero-order valence-corrected chi connectivity index (χ0v) is 9.70. The number of hydrogen-bond acceptors (Lipinski definition) is 1. The smallest absolute Gasteiger partial charge is 0.0513 e. The van der Waals surface area contributed by atoms with Crippen LogP contribution in [0, 0.1) is 0 Å². The van der Waals surface area contributed by atoms with Crippen molar-refractivity contribution in [3.8, 4) is 0 Å². The average molecular weight is 251 g/mol. The van der Waals surface area contributed by atoms with Crippen LogP contribution in [0.1, 0.15) is 12.0 Å². The van der Waals surface area contributed by atoms with Gasteiger partial charge in [0.25, 0.3) is 0 Å². The first-order valence-corrected chi connectivity index (χ1v) is 5.41. The number of nitrogens with two attached hydrogens (primary N) is 1. The number of benzene rings is 1. The number of anilines is 1. The molecule has 0 atom stereocenters. The highest BCUT2D eigenvalue weighted by atomic mass is 35.5. The van der Waals surface area contributed by atoms with Crippen LogP contribution in [-0.4, -0.2) is 5.88 Å². The molecule has 1 rings (SSSR count). The second-order valence-corrected chi connectivity index (χ2v) is 3.97. The Balaban J connectivity index is 2.96. The van der Waals surface area contributed by atoms with Crippen molar-refractivity contribution >= 4 is 46.6 Å². The molecule has 4 heteroatoms. The molecule has 0 heterocycles. The fourth-order valence-electron chi connectivity index (χ4n) is 1.03. The monoisotopic (exact) mass is 249 g/mol. The molecule has 0 fully saturated rings. The molecule has 1 aromatic rings. The maximum absolute atomic E-state index is 5.97. The van der Waals surface area contributed by atoms with E-state index in [1.807, 2.05) is 12.2 Å². The maximum Gasteiger partial charge on any atom is 0.0513 e. The van der Waals surface area contributed by atoms with Crippen molar-refractivity contribution in [2.75, 3.05) is 11.6 Å². The molecule has 14 heavy (non-hydrogen) atoms. The lowest BCUT2D eigenvalue weighted by atomic mass is 10.2. The van der Waals surface area contributed by atoms with E-state index in [4.69, 9.17) is 40.5 Å². The molecule has 76 valence electrons. The van der Waals surface area contributed by atoms with Crippen LogP contribution in [0.3, 0.4) is 0 Å². The Bertz CT molecular complexity index is 324. The largest absolute Gasteiger partial charge is 0.399 e. The first-order valence-electron chi connectivity index (χ1n) is 4.12. The molecule has 2 N–H and O–H groups in total.